The molecule has 32 heavy (non-hydrogen) atoms. The van der Waals surface area contributed by atoms with Crippen LogP contribution in [0.1, 0.15) is 24.8 Å². The highest BCUT2D eigenvalue weighted by Crippen LogP contribution is 2.24. The SMILES string of the molecule is O=C(CCn1c(=O)oc2cc(S(=O)(=O)N3CCCC3)ccc21)NCc1ccc(Cl)cc1Cl. The summed E-state index contributed by atoms with van der Waals surface area (Å²) in [4.78, 5) is 24.6. The summed E-state index contributed by atoms with van der Waals surface area (Å²) in [7, 11) is -3.62. The van der Waals surface area contributed by atoms with Crippen molar-refractivity contribution in [1.29, 1.82) is 0 Å². The van der Waals surface area contributed by atoms with Crippen LogP contribution in [-0.2, 0) is 27.9 Å². The van der Waals surface area contributed by atoms with Gasteiger partial charge in [0.15, 0.2) is 5.58 Å². The third-order valence-electron chi connectivity index (χ3n) is 5.40. The molecular weight excluding hydrogens is 477 g/mol. The Morgan fingerprint density at radius 2 is 1.84 bits per heavy atom. The summed E-state index contributed by atoms with van der Waals surface area (Å²) in [5, 5.41) is 3.71. The Balaban J connectivity index is 1.44. The van der Waals surface area contributed by atoms with Crippen molar-refractivity contribution in [3.63, 3.8) is 0 Å². The number of hydrogen-bond acceptors (Lipinski definition) is 5. The van der Waals surface area contributed by atoms with E-state index < -0.39 is 15.8 Å². The summed E-state index contributed by atoms with van der Waals surface area (Å²) >= 11 is 12.0. The standard InChI is InChI=1S/C21H21Cl2N3O5S/c22-15-4-3-14(17(23)11-15)13-24-20(27)7-10-26-18-6-5-16(12-19(18)31-21(26)28)32(29,30)25-8-1-2-9-25/h3-6,11-12H,1-2,7-10,13H2,(H,24,27). The van der Waals surface area contributed by atoms with Gasteiger partial charge in [-0.15, -0.1) is 0 Å². The van der Waals surface area contributed by atoms with E-state index in [9.17, 15) is 18.0 Å². The van der Waals surface area contributed by atoms with Crippen LogP contribution in [0.3, 0.4) is 0 Å². The summed E-state index contributed by atoms with van der Waals surface area (Å²) in [6, 6.07) is 9.37. The van der Waals surface area contributed by atoms with Crippen LogP contribution in [0.5, 0.6) is 0 Å². The number of aryl methyl sites for hydroxylation is 1. The Hall–Kier alpha value is -2.33. The molecule has 1 aromatic heterocycles. The van der Waals surface area contributed by atoms with Crippen LogP contribution in [0.15, 0.2) is 50.5 Å². The first kappa shape index (κ1) is 22.8. The minimum atomic E-state index is -3.62. The van der Waals surface area contributed by atoms with Gasteiger partial charge in [-0.2, -0.15) is 4.31 Å². The topological polar surface area (TPSA) is 102 Å². The third-order valence-corrected chi connectivity index (χ3v) is 7.88. The van der Waals surface area contributed by atoms with Crippen molar-refractivity contribution in [2.24, 2.45) is 0 Å². The van der Waals surface area contributed by atoms with Gasteiger partial charge in [-0.3, -0.25) is 9.36 Å². The quantitative estimate of drug-likeness (QED) is 0.538. The van der Waals surface area contributed by atoms with Gasteiger partial charge in [0, 0.05) is 48.7 Å². The molecule has 0 unspecified atom stereocenters. The monoisotopic (exact) mass is 497 g/mol. The Morgan fingerprint density at radius 3 is 2.56 bits per heavy atom. The minimum Gasteiger partial charge on any atom is -0.408 e. The van der Waals surface area contributed by atoms with E-state index in [0.29, 0.717) is 28.7 Å². The van der Waals surface area contributed by atoms with Crippen molar-refractivity contribution in [2.45, 2.75) is 37.2 Å². The number of fused-ring (bicyclic) bond motifs is 1. The number of aromatic nitrogens is 1. The first-order valence-corrected chi connectivity index (χ1v) is 12.3. The lowest BCUT2D eigenvalue weighted by Gasteiger charge is -2.15. The number of benzene rings is 2. The van der Waals surface area contributed by atoms with Gasteiger partial charge in [-0.1, -0.05) is 29.3 Å². The third kappa shape index (κ3) is 4.71. The molecule has 3 aromatic rings. The Bertz CT molecular complexity index is 1330. The molecule has 0 aliphatic carbocycles. The summed E-state index contributed by atoms with van der Waals surface area (Å²) in [5.74, 6) is -0.922. The molecule has 1 fully saturated rings. The van der Waals surface area contributed by atoms with Crippen LogP contribution in [0.25, 0.3) is 11.1 Å². The molecule has 8 nitrogen and oxygen atoms in total. The first-order valence-electron chi connectivity index (χ1n) is 10.1. The summed E-state index contributed by atoms with van der Waals surface area (Å²) in [6.07, 6.45) is 1.70. The normalized spacial score (nSPS) is 14.8. The zero-order valence-electron chi connectivity index (χ0n) is 17.0. The number of halogens is 2. The molecule has 170 valence electrons. The molecule has 1 N–H and O–H groups in total. The second-order valence-corrected chi connectivity index (χ2v) is 10.3. The van der Waals surface area contributed by atoms with Gasteiger partial charge in [0.1, 0.15) is 0 Å². The molecule has 4 rings (SSSR count). The van der Waals surface area contributed by atoms with Gasteiger partial charge in [0.25, 0.3) is 0 Å². The van der Waals surface area contributed by atoms with Crippen molar-refractivity contribution >= 4 is 50.2 Å². The maximum absolute atomic E-state index is 12.7. The summed E-state index contributed by atoms with van der Waals surface area (Å²) < 4.78 is 33.5. The Labute approximate surface area is 194 Å². The van der Waals surface area contributed by atoms with Crippen LogP contribution in [0, 0.1) is 0 Å². The smallest absolute Gasteiger partial charge is 0.408 e. The Morgan fingerprint density at radius 1 is 1.09 bits per heavy atom. The second-order valence-electron chi connectivity index (χ2n) is 7.52. The largest absolute Gasteiger partial charge is 0.419 e. The molecule has 0 saturated carbocycles. The molecule has 0 atom stereocenters. The van der Waals surface area contributed by atoms with E-state index in [0.717, 1.165) is 18.4 Å². The van der Waals surface area contributed by atoms with E-state index in [1.54, 1.807) is 18.2 Å². The van der Waals surface area contributed by atoms with Gasteiger partial charge in [-0.05, 0) is 42.7 Å². The van der Waals surface area contributed by atoms with Gasteiger partial charge < -0.3 is 9.73 Å². The number of sulfonamides is 1. The minimum absolute atomic E-state index is 0.0353. The van der Waals surface area contributed by atoms with E-state index in [1.165, 1.54) is 27.1 Å². The average molecular weight is 498 g/mol. The van der Waals surface area contributed by atoms with E-state index in [2.05, 4.69) is 5.32 Å². The average Bonchev–Trinajstić information content (AvgIpc) is 3.39. The molecule has 0 bridgehead atoms. The number of amides is 1. The molecule has 1 amide bonds. The highest BCUT2D eigenvalue weighted by atomic mass is 35.5. The van der Waals surface area contributed by atoms with Gasteiger partial charge in [0.2, 0.25) is 15.9 Å². The fourth-order valence-corrected chi connectivity index (χ4v) is 5.67. The molecule has 1 aliphatic heterocycles. The lowest BCUT2D eigenvalue weighted by molar-refractivity contribution is -0.121. The molecule has 11 heteroatoms. The lowest BCUT2D eigenvalue weighted by atomic mass is 10.2. The fraction of sp³-hybridized carbons (Fsp3) is 0.333. The number of rotatable bonds is 7. The fourth-order valence-electron chi connectivity index (χ4n) is 3.66. The van der Waals surface area contributed by atoms with Crippen molar-refractivity contribution in [1.82, 2.24) is 14.2 Å². The van der Waals surface area contributed by atoms with E-state index in [4.69, 9.17) is 27.6 Å². The van der Waals surface area contributed by atoms with Crippen LogP contribution >= 0.6 is 23.2 Å². The number of oxazole rings is 1. The highest BCUT2D eigenvalue weighted by Gasteiger charge is 2.28. The molecule has 0 spiro atoms. The molecule has 1 aliphatic rings. The maximum atomic E-state index is 12.7. The second kappa shape index (κ2) is 9.27. The molecule has 0 radical (unpaired) electrons. The van der Waals surface area contributed by atoms with Crippen molar-refractivity contribution < 1.29 is 17.6 Å². The highest BCUT2D eigenvalue weighted by molar-refractivity contribution is 7.89. The number of carbonyl (C=O) groups is 1. The summed E-state index contributed by atoms with van der Waals surface area (Å²) in [6.45, 7) is 1.29. The number of nitrogens with one attached hydrogen (secondary N) is 1. The summed E-state index contributed by atoms with van der Waals surface area (Å²) in [5.41, 5.74) is 1.33. The molecule has 1 saturated heterocycles. The maximum Gasteiger partial charge on any atom is 0.419 e. The van der Waals surface area contributed by atoms with Crippen molar-refractivity contribution in [2.75, 3.05) is 13.1 Å². The van der Waals surface area contributed by atoms with Gasteiger partial charge in [-0.25, -0.2) is 13.2 Å². The van der Waals surface area contributed by atoms with Crippen LogP contribution < -0.4 is 11.1 Å². The molecule has 2 heterocycles. The van der Waals surface area contributed by atoms with Gasteiger partial charge >= 0.3 is 5.76 Å². The number of nitrogens with zero attached hydrogens (tertiary/aromatic N) is 2. The zero-order valence-corrected chi connectivity index (χ0v) is 19.3. The van der Waals surface area contributed by atoms with Crippen molar-refractivity contribution in [3.05, 3.63) is 62.6 Å². The van der Waals surface area contributed by atoms with E-state index >= 15 is 0 Å². The van der Waals surface area contributed by atoms with Crippen LogP contribution in [-0.4, -0.2) is 36.3 Å². The van der Waals surface area contributed by atoms with Crippen molar-refractivity contribution in [3.8, 4) is 0 Å². The van der Waals surface area contributed by atoms with E-state index in [-0.39, 0.29) is 35.9 Å². The van der Waals surface area contributed by atoms with E-state index in [1.807, 2.05) is 0 Å². The first-order chi connectivity index (χ1) is 15.3. The predicted octanol–water partition coefficient (Wildman–Crippen LogP) is 3.39. The number of hydrogen-bond donors (Lipinski definition) is 1. The van der Waals surface area contributed by atoms with Crippen LogP contribution in [0.2, 0.25) is 10.0 Å². The zero-order chi connectivity index (χ0) is 22.9. The lowest BCUT2D eigenvalue weighted by Crippen LogP contribution is -2.27. The van der Waals surface area contributed by atoms with Gasteiger partial charge in [0.05, 0.1) is 10.4 Å². The predicted molar refractivity (Wildman–Crippen MR) is 121 cm³/mol. The molecule has 2 aromatic carbocycles. The van der Waals surface area contributed by atoms with Crippen LogP contribution in [0.4, 0.5) is 0 Å². The Kier molecular flexibility index (Phi) is 6.62. The number of carbonyl (C=O) groups excluding carboxylic acids is 1. The molecular formula is C21H21Cl2N3O5S.